The van der Waals surface area contributed by atoms with Gasteiger partial charge in [-0.3, -0.25) is 4.79 Å². The molecular formula is C19H19F3N2O3. The molecule has 2 fully saturated rings. The normalized spacial score (nSPS) is 24.6. The number of fused-ring (bicyclic) bond motifs is 2. The third kappa shape index (κ3) is 4.10. The molecule has 2 aromatic rings. The number of carbonyl (C=O) groups excluding carboxylic acids is 1. The largest absolute Gasteiger partial charge is 0.449 e. The number of nitrogens with zero attached hydrogens (tertiary/aromatic N) is 1. The van der Waals surface area contributed by atoms with Gasteiger partial charge < -0.3 is 19.4 Å². The molecule has 8 heteroatoms. The van der Waals surface area contributed by atoms with E-state index in [1.807, 2.05) is 0 Å². The van der Waals surface area contributed by atoms with Gasteiger partial charge in [-0.2, -0.15) is 13.2 Å². The number of hydrogen-bond acceptors (Lipinski definition) is 4. The lowest BCUT2D eigenvalue weighted by Crippen LogP contribution is -2.46. The number of amides is 1. The Morgan fingerprint density at radius 1 is 1.15 bits per heavy atom. The molecule has 0 aliphatic carbocycles. The smallest absolute Gasteiger partial charge is 0.426 e. The monoisotopic (exact) mass is 380 g/mol. The van der Waals surface area contributed by atoms with E-state index < -0.39 is 11.9 Å². The van der Waals surface area contributed by atoms with Crippen molar-refractivity contribution in [1.82, 2.24) is 10.2 Å². The molecule has 0 spiro atoms. The van der Waals surface area contributed by atoms with E-state index in [1.165, 1.54) is 18.6 Å². The van der Waals surface area contributed by atoms with Crippen LogP contribution in [0.2, 0.25) is 0 Å². The summed E-state index contributed by atoms with van der Waals surface area (Å²) in [5.41, 5.74) is 0.477. The Labute approximate surface area is 154 Å². The molecule has 5 nitrogen and oxygen atoms in total. The van der Waals surface area contributed by atoms with Crippen LogP contribution in [0.25, 0.3) is 0 Å². The number of furan rings is 1. The van der Waals surface area contributed by atoms with Crippen LogP contribution in [0.1, 0.15) is 29.0 Å². The van der Waals surface area contributed by atoms with E-state index in [-0.39, 0.29) is 23.6 Å². The average Bonchev–Trinajstić information content (AvgIpc) is 3.22. The molecule has 1 amide bonds. The molecular weight excluding hydrogens is 361 g/mol. The number of ether oxygens (including phenoxy) is 1. The third-order valence-corrected chi connectivity index (χ3v) is 5.00. The van der Waals surface area contributed by atoms with Gasteiger partial charge in [0, 0.05) is 30.8 Å². The molecule has 3 atom stereocenters. The fraction of sp³-hybridized carbons (Fsp3) is 0.421. The van der Waals surface area contributed by atoms with E-state index in [1.54, 1.807) is 12.1 Å². The molecule has 27 heavy (non-hydrogen) atoms. The van der Waals surface area contributed by atoms with Crippen molar-refractivity contribution in [3.05, 3.63) is 47.7 Å². The molecule has 0 saturated carbocycles. The summed E-state index contributed by atoms with van der Waals surface area (Å²) in [7, 11) is 0. The first kappa shape index (κ1) is 17.9. The van der Waals surface area contributed by atoms with Crippen LogP contribution in [0.3, 0.4) is 0 Å². The molecule has 1 aromatic carbocycles. The highest BCUT2D eigenvalue weighted by Gasteiger charge is 2.35. The van der Waals surface area contributed by atoms with Crippen molar-refractivity contribution in [3.8, 4) is 11.7 Å². The Kier molecular flexibility index (Phi) is 4.59. The Hall–Kier alpha value is -2.48. The van der Waals surface area contributed by atoms with Crippen molar-refractivity contribution in [2.24, 2.45) is 5.92 Å². The molecule has 2 saturated heterocycles. The maximum Gasteiger partial charge on any atom is 0.449 e. The van der Waals surface area contributed by atoms with Gasteiger partial charge in [-0.25, -0.2) is 0 Å². The second kappa shape index (κ2) is 6.92. The summed E-state index contributed by atoms with van der Waals surface area (Å²) in [5.74, 6) is -0.588. The van der Waals surface area contributed by atoms with Crippen LogP contribution in [-0.2, 0) is 6.18 Å². The van der Waals surface area contributed by atoms with Crippen LogP contribution in [0, 0.1) is 5.92 Å². The van der Waals surface area contributed by atoms with Crippen LogP contribution >= 0.6 is 0 Å². The molecule has 0 radical (unpaired) electrons. The van der Waals surface area contributed by atoms with Crippen molar-refractivity contribution >= 4 is 5.91 Å². The van der Waals surface area contributed by atoms with Gasteiger partial charge >= 0.3 is 6.18 Å². The third-order valence-electron chi connectivity index (χ3n) is 5.00. The number of nitrogens with one attached hydrogen (secondary N) is 1. The van der Waals surface area contributed by atoms with Crippen LogP contribution < -0.4 is 10.1 Å². The van der Waals surface area contributed by atoms with Gasteiger partial charge in [0.2, 0.25) is 5.76 Å². The van der Waals surface area contributed by atoms with E-state index in [2.05, 4.69) is 14.6 Å². The number of benzene rings is 1. The second-order valence-corrected chi connectivity index (χ2v) is 7.06. The number of rotatable bonds is 4. The summed E-state index contributed by atoms with van der Waals surface area (Å²) in [6.07, 6.45) is -2.36. The maximum absolute atomic E-state index is 12.5. The molecule has 1 aromatic heterocycles. The van der Waals surface area contributed by atoms with Gasteiger partial charge in [-0.1, -0.05) is 0 Å². The van der Waals surface area contributed by atoms with Gasteiger partial charge in [-0.05, 0) is 55.6 Å². The number of halogens is 3. The Bertz CT molecular complexity index is 804. The lowest BCUT2D eigenvalue weighted by atomic mass is 9.96. The van der Waals surface area contributed by atoms with E-state index in [9.17, 15) is 18.0 Å². The number of alkyl halides is 3. The number of piperidine rings is 1. The van der Waals surface area contributed by atoms with Crippen LogP contribution in [-0.4, -0.2) is 36.5 Å². The summed E-state index contributed by atoms with van der Waals surface area (Å²) in [6, 6.07) is 8.28. The first-order valence-corrected chi connectivity index (χ1v) is 8.85. The summed E-state index contributed by atoms with van der Waals surface area (Å²) in [6.45, 7) is 3.11. The van der Waals surface area contributed by atoms with Crippen molar-refractivity contribution in [2.45, 2.75) is 25.1 Å². The average molecular weight is 380 g/mol. The highest BCUT2D eigenvalue weighted by atomic mass is 19.4. The first-order valence-electron chi connectivity index (χ1n) is 8.85. The fourth-order valence-corrected chi connectivity index (χ4v) is 3.75. The van der Waals surface area contributed by atoms with Crippen LogP contribution in [0.4, 0.5) is 13.2 Å². The summed E-state index contributed by atoms with van der Waals surface area (Å²) < 4.78 is 47.5. The minimum absolute atomic E-state index is 0.151. The van der Waals surface area contributed by atoms with E-state index in [0.29, 0.717) is 11.5 Å². The van der Waals surface area contributed by atoms with E-state index in [0.717, 1.165) is 38.2 Å². The van der Waals surface area contributed by atoms with E-state index in [4.69, 9.17) is 4.74 Å². The van der Waals surface area contributed by atoms with Gasteiger partial charge in [0.05, 0.1) is 0 Å². The molecule has 2 aliphatic heterocycles. The zero-order chi connectivity index (χ0) is 19.0. The highest BCUT2D eigenvalue weighted by Crippen LogP contribution is 2.34. The lowest BCUT2D eigenvalue weighted by Gasteiger charge is -2.30. The SMILES string of the molecule is O=C(N[C@@H]1C[C@@H]2CCN(C2)C1)c1ccc(Oc2ccc(C(F)(F)F)o2)cc1. The number of carbonyl (C=O) groups is 1. The topological polar surface area (TPSA) is 54.7 Å². The van der Waals surface area contributed by atoms with Gasteiger partial charge in [0.1, 0.15) is 5.75 Å². The quantitative estimate of drug-likeness (QED) is 0.874. The predicted octanol–water partition coefficient (Wildman–Crippen LogP) is 3.91. The fourth-order valence-electron chi connectivity index (χ4n) is 3.75. The Morgan fingerprint density at radius 3 is 2.59 bits per heavy atom. The first-order chi connectivity index (χ1) is 12.9. The van der Waals surface area contributed by atoms with Crippen molar-refractivity contribution in [1.29, 1.82) is 0 Å². The summed E-state index contributed by atoms with van der Waals surface area (Å²) in [4.78, 5) is 14.8. The molecule has 1 N–H and O–H groups in total. The highest BCUT2D eigenvalue weighted by molar-refractivity contribution is 5.94. The van der Waals surface area contributed by atoms with Crippen LogP contribution in [0.5, 0.6) is 11.7 Å². The molecule has 2 aliphatic rings. The molecule has 1 unspecified atom stereocenters. The molecule has 2 bridgehead atoms. The van der Waals surface area contributed by atoms with E-state index >= 15 is 0 Å². The Morgan fingerprint density at radius 2 is 1.93 bits per heavy atom. The van der Waals surface area contributed by atoms with Crippen molar-refractivity contribution in [3.63, 3.8) is 0 Å². The van der Waals surface area contributed by atoms with Gasteiger partial charge in [-0.15, -0.1) is 0 Å². The van der Waals surface area contributed by atoms with Crippen molar-refractivity contribution < 1.29 is 27.1 Å². The minimum Gasteiger partial charge on any atom is -0.426 e. The molecule has 3 heterocycles. The summed E-state index contributed by atoms with van der Waals surface area (Å²) >= 11 is 0. The second-order valence-electron chi connectivity index (χ2n) is 7.06. The summed E-state index contributed by atoms with van der Waals surface area (Å²) in [5, 5.41) is 3.06. The zero-order valence-electron chi connectivity index (χ0n) is 14.5. The molecule has 4 rings (SSSR count). The zero-order valence-corrected chi connectivity index (χ0v) is 14.5. The molecule has 144 valence electrons. The number of hydrogen-bond donors (Lipinski definition) is 1. The van der Waals surface area contributed by atoms with Crippen LogP contribution in [0.15, 0.2) is 40.8 Å². The minimum atomic E-state index is -4.56. The maximum atomic E-state index is 12.5. The standard InChI is InChI=1S/C19H19F3N2O3/c20-19(21,22)16-5-6-17(27-16)26-15-3-1-13(2-4-15)18(25)23-14-9-12-7-8-24(10-12)11-14/h1-6,12,14H,7-11H2,(H,23,25)/t12-,14+/m0/s1. The van der Waals surface area contributed by atoms with Gasteiger partial charge in [0.15, 0.2) is 0 Å². The van der Waals surface area contributed by atoms with Gasteiger partial charge in [0.25, 0.3) is 11.9 Å². The van der Waals surface area contributed by atoms with Crippen molar-refractivity contribution in [2.75, 3.05) is 19.6 Å². The predicted molar refractivity (Wildman–Crippen MR) is 90.6 cm³/mol. The lowest BCUT2D eigenvalue weighted by molar-refractivity contribution is -0.153. The Balaban J connectivity index is 1.35.